The van der Waals surface area contributed by atoms with Crippen LogP contribution < -0.4 is 5.73 Å². The molecular formula is C7H8BrClF2N2. The summed E-state index contributed by atoms with van der Waals surface area (Å²) in [6, 6.07) is 3.44. The Bertz CT molecular complexity index is 272. The van der Waals surface area contributed by atoms with Crippen LogP contribution in [0.4, 0.5) is 8.78 Å². The maximum absolute atomic E-state index is 12.1. The van der Waals surface area contributed by atoms with Crippen molar-refractivity contribution in [3.8, 4) is 0 Å². The van der Waals surface area contributed by atoms with Gasteiger partial charge in [0, 0.05) is 0 Å². The molecule has 1 rings (SSSR count). The van der Waals surface area contributed by atoms with Crippen LogP contribution in [-0.4, -0.2) is 11.4 Å². The van der Waals surface area contributed by atoms with Crippen molar-refractivity contribution in [1.82, 2.24) is 4.98 Å². The number of nitrogens with two attached hydrogens (primary N) is 1. The van der Waals surface area contributed by atoms with Gasteiger partial charge in [0.1, 0.15) is 10.6 Å². The van der Waals surface area contributed by atoms with Gasteiger partial charge in [0.2, 0.25) is 0 Å². The SMILES string of the molecule is Cl.N[C@H](c1cccc(Br)n1)C(F)F. The zero-order chi connectivity index (χ0) is 9.14. The summed E-state index contributed by atoms with van der Waals surface area (Å²) >= 11 is 3.07. The molecule has 0 aliphatic heterocycles. The van der Waals surface area contributed by atoms with Crippen LogP contribution in [0.15, 0.2) is 22.8 Å². The molecule has 0 fully saturated rings. The van der Waals surface area contributed by atoms with E-state index in [4.69, 9.17) is 5.73 Å². The molecule has 0 aliphatic carbocycles. The van der Waals surface area contributed by atoms with E-state index in [0.717, 1.165) is 0 Å². The summed E-state index contributed by atoms with van der Waals surface area (Å²) in [5, 5.41) is 0. The van der Waals surface area contributed by atoms with E-state index in [1.807, 2.05) is 0 Å². The van der Waals surface area contributed by atoms with Gasteiger partial charge in [-0.05, 0) is 28.1 Å². The molecule has 0 amide bonds. The highest BCUT2D eigenvalue weighted by Crippen LogP contribution is 2.17. The molecule has 0 spiro atoms. The van der Waals surface area contributed by atoms with Crippen molar-refractivity contribution in [3.63, 3.8) is 0 Å². The Labute approximate surface area is 89.1 Å². The predicted octanol–water partition coefficient (Wildman–Crippen LogP) is 2.53. The van der Waals surface area contributed by atoms with Crippen molar-refractivity contribution in [2.75, 3.05) is 0 Å². The molecule has 74 valence electrons. The second-order valence-corrected chi connectivity index (χ2v) is 3.06. The third kappa shape index (κ3) is 3.54. The van der Waals surface area contributed by atoms with Crippen molar-refractivity contribution in [1.29, 1.82) is 0 Å². The smallest absolute Gasteiger partial charge is 0.259 e. The predicted molar refractivity (Wildman–Crippen MR) is 52.1 cm³/mol. The van der Waals surface area contributed by atoms with Crippen LogP contribution in [0.25, 0.3) is 0 Å². The van der Waals surface area contributed by atoms with Gasteiger partial charge in [-0.25, -0.2) is 13.8 Å². The van der Waals surface area contributed by atoms with E-state index in [0.29, 0.717) is 4.60 Å². The van der Waals surface area contributed by atoms with Gasteiger partial charge in [0.05, 0.1) is 5.69 Å². The maximum atomic E-state index is 12.1. The molecule has 0 unspecified atom stereocenters. The zero-order valence-corrected chi connectivity index (χ0v) is 8.86. The van der Waals surface area contributed by atoms with Gasteiger partial charge in [-0.1, -0.05) is 6.07 Å². The molecule has 6 heteroatoms. The van der Waals surface area contributed by atoms with Crippen LogP contribution in [0, 0.1) is 0 Å². The van der Waals surface area contributed by atoms with Gasteiger partial charge < -0.3 is 5.73 Å². The third-order valence-electron chi connectivity index (χ3n) is 1.35. The van der Waals surface area contributed by atoms with Gasteiger partial charge in [-0.2, -0.15) is 0 Å². The third-order valence-corrected chi connectivity index (χ3v) is 1.79. The first-order valence-corrected chi connectivity index (χ1v) is 4.06. The summed E-state index contributed by atoms with van der Waals surface area (Å²) in [6.45, 7) is 0. The Kier molecular flexibility index (Phi) is 5.36. The highest BCUT2D eigenvalue weighted by atomic mass is 79.9. The van der Waals surface area contributed by atoms with E-state index < -0.39 is 12.5 Å². The molecular weight excluding hydrogens is 265 g/mol. The number of hydrogen-bond acceptors (Lipinski definition) is 2. The first-order chi connectivity index (χ1) is 5.61. The normalized spacial score (nSPS) is 12.4. The van der Waals surface area contributed by atoms with Crippen molar-refractivity contribution in [3.05, 3.63) is 28.5 Å². The first-order valence-electron chi connectivity index (χ1n) is 3.27. The zero-order valence-electron chi connectivity index (χ0n) is 6.45. The lowest BCUT2D eigenvalue weighted by atomic mass is 10.2. The number of alkyl halides is 2. The lowest BCUT2D eigenvalue weighted by molar-refractivity contribution is 0.114. The summed E-state index contributed by atoms with van der Waals surface area (Å²) in [5.74, 6) is 0. The lowest BCUT2D eigenvalue weighted by Crippen LogP contribution is -2.20. The number of aromatic nitrogens is 1. The van der Waals surface area contributed by atoms with E-state index in [1.165, 1.54) is 6.07 Å². The van der Waals surface area contributed by atoms with Crippen molar-refractivity contribution >= 4 is 28.3 Å². The minimum Gasteiger partial charge on any atom is -0.318 e. The minimum absolute atomic E-state index is 0. The van der Waals surface area contributed by atoms with E-state index in [9.17, 15) is 8.78 Å². The number of rotatable bonds is 2. The van der Waals surface area contributed by atoms with Crippen LogP contribution >= 0.6 is 28.3 Å². The summed E-state index contributed by atoms with van der Waals surface area (Å²) in [7, 11) is 0. The minimum atomic E-state index is -2.58. The Morgan fingerprint density at radius 2 is 2.00 bits per heavy atom. The van der Waals surface area contributed by atoms with Crippen molar-refractivity contribution in [2.45, 2.75) is 12.5 Å². The summed E-state index contributed by atoms with van der Waals surface area (Å²) in [4.78, 5) is 3.81. The molecule has 0 aliphatic rings. The van der Waals surface area contributed by atoms with Crippen molar-refractivity contribution < 1.29 is 8.78 Å². The van der Waals surface area contributed by atoms with Gasteiger partial charge in [0.25, 0.3) is 6.43 Å². The van der Waals surface area contributed by atoms with Crippen molar-refractivity contribution in [2.24, 2.45) is 5.73 Å². The highest BCUT2D eigenvalue weighted by Gasteiger charge is 2.18. The molecule has 2 nitrogen and oxygen atoms in total. The molecule has 1 heterocycles. The first kappa shape index (κ1) is 12.7. The summed E-state index contributed by atoms with van der Waals surface area (Å²) in [6.07, 6.45) is -2.58. The average Bonchev–Trinajstić information content (AvgIpc) is 2.03. The summed E-state index contributed by atoms with van der Waals surface area (Å²) in [5.41, 5.74) is 5.37. The maximum Gasteiger partial charge on any atom is 0.259 e. The van der Waals surface area contributed by atoms with E-state index in [-0.39, 0.29) is 18.1 Å². The molecule has 1 aromatic rings. The van der Waals surface area contributed by atoms with Gasteiger partial charge in [-0.15, -0.1) is 12.4 Å². The average molecular weight is 274 g/mol. The molecule has 13 heavy (non-hydrogen) atoms. The largest absolute Gasteiger partial charge is 0.318 e. The summed E-state index contributed by atoms with van der Waals surface area (Å²) < 4.78 is 24.6. The van der Waals surface area contributed by atoms with Crippen LogP contribution in [0.3, 0.4) is 0 Å². The second kappa shape index (κ2) is 5.47. The quantitative estimate of drug-likeness (QED) is 0.841. The molecule has 0 radical (unpaired) electrons. The number of hydrogen-bond donors (Lipinski definition) is 1. The van der Waals surface area contributed by atoms with Crippen LogP contribution in [0.2, 0.25) is 0 Å². The van der Waals surface area contributed by atoms with Crippen LogP contribution in [0.5, 0.6) is 0 Å². The van der Waals surface area contributed by atoms with Gasteiger partial charge >= 0.3 is 0 Å². The van der Waals surface area contributed by atoms with Gasteiger partial charge in [-0.3, -0.25) is 0 Å². The lowest BCUT2D eigenvalue weighted by Gasteiger charge is -2.08. The fourth-order valence-corrected chi connectivity index (χ4v) is 1.10. The van der Waals surface area contributed by atoms with Crippen LogP contribution in [0.1, 0.15) is 11.7 Å². The topological polar surface area (TPSA) is 38.9 Å². The molecule has 0 bridgehead atoms. The Morgan fingerprint density at radius 1 is 1.38 bits per heavy atom. The Balaban J connectivity index is 0.00000144. The molecule has 0 saturated carbocycles. The second-order valence-electron chi connectivity index (χ2n) is 2.25. The standard InChI is InChI=1S/C7H7BrF2N2.ClH/c8-5-3-1-2-4(12-5)6(11)7(9)10;/h1-3,6-7H,11H2;1H/t6-;/m1./s1. The monoisotopic (exact) mass is 272 g/mol. The Morgan fingerprint density at radius 3 is 2.46 bits per heavy atom. The number of halogens is 4. The van der Waals surface area contributed by atoms with E-state index >= 15 is 0 Å². The fourth-order valence-electron chi connectivity index (χ4n) is 0.739. The molecule has 0 aromatic carbocycles. The Hall–Kier alpha value is -0.260. The fraction of sp³-hybridized carbons (Fsp3) is 0.286. The van der Waals surface area contributed by atoms with Gasteiger partial charge in [0.15, 0.2) is 0 Å². The number of pyridine rings is 1. The molecule has 1 atom stereocenters. The van der Waals surface area contributed by atoms with E-state index in [1.54, 1.807) is 12.1 Å². The highest BCUT2D eigenvalue weighted by molar-refractivity contribution is 9.10. The molecule has 2 N–H and O–H groups in total. The molecule has 0 saturated heterocycles. The van der Waals surface area contributed by atoms with Crippen LogP contribution in [-0.2, 0) is 0 Å². The molecule has 1 aromatic heterocycles. The van der Waals surface area contributed by atoms with E-state index in [2.05, 4.69) is 20.9 Å². The number of nitrogens with zero attached hydrogens (tertiary/aromatic N) is 1.